The van der Waals surface area contributed by atoms with Crippen molar-refractivity contribution in [1.29, 1.82) is 5.26 Å². The van der Waals surface area contributed by atoms with Gasteiger partial charge in [-0.25, -0.2) is 8.96 Å². The van der Waals surface area contributed by atoms with E-state index in [4.69, 9.17) is 19.8 Å². The summed E-state index contributed by atoms with van der Waals surface area (Å²) in [6.45, 7) is 1.97. The van der Waals surface area contributed by atoms with Crippen LogP contribution in [0.3, 0.4) is 0 Å². The summed E-state index contributed by atoms with van der Waals surface area (Å²) in [5, 5.41) is 8.84. The maximum absolute atomic E-state index is 13.8. The second-order valence-corrected chi connectivity index (χ2v) is 11.0. The fraction of sp³-hybridized carbons (Fsp3) is 0.750. The number of phosphoric ester groups is 1. The molecule has 0 aliphatic rings. The molecule has 0 heterocycles. The number of hydrogen-bond acceptors (Lipinski definition) is 4. The minimum absolute atomic E-state index is 0.0847. The molecule has 1 atom stereocenters. The number of ether oxygens (including phenoxy) is 1. The van der Waals surface area contributed by atoms with Crippen LogP contribution in [0, 0.1) is 17.1 Å². The molecule has 0 aromatic heterocycles. The molecule has 0 bridgehead atoms. The number of halogens is 1. The van der Waals surface area contributed by atoms with Gasteiger partial charge in [0.15, 0.2) is 0 Å². The first-order valence-corrected chi connectivity index (χ1v) is 15.4. The lowest BCUT2D eigenvalue weighted by molar-refractivity contribution is 0.0939. The van der Waals surface area contributed by atoms with E-state index in [9.17, 15) is 8.96 Å². The molecule has 0 spiro atoms. The maximum Gasteiger partial charge on any atom is 0.469 e. The summed E-state index contributed by atoms with van der Waals surface area (Å²) >= 11 is 0. The van der Waals surface area contributed by atoms with Crippen molar-refractivity contribution < 1.29 is 28.0 Å². The van der Waals surface area contributed by atoms with Crippen LogP contribution in [-0.4, -0.2) is 22.5 Å². The highest BCUT2D eigenvalue weighted by Crippen LogP contribution is 2.36. The van der Waals surface area contributed by atoms with Gasteiger partial charge in [-0.1, -0.05) is 110 Å². The quantitative estimate of drug-likeness (QED) is 0.109. The molecule has 8 heteroatoms. The molecule has 0 saturated carbocycles. The Hall–Kier alpha value is -1.45. The third-order valence-electron chi connectivity index (χ3n) is 6.42. The van der Waals surface area contributed by atoms with Crippen LogP contribution >= 0.6 is 7.82 Å². The number of nitrogens with zero attached hydrogens (tertiary/aromatic N) is 1. The lowest BCUT2D eigenvalue weighted by Crippen LogP contribution is -2.22. The summed E-state index contributed by atoms with van der Waals surface area (Å²) in [6, 6.07) is 5.65. The summed E-state index contributed by atoms with van der Waals surface area (Å²) in [5.74, 6) is -0.486. The van der Waals surface area contributed by atoms with Gasteiger partial charge >= 0.3 is 7.82 Å². The number of phosphoric acid groups is 1. The minimum Gasteiger partial charge on any atom is -0.488 e. The second kappa shape index (κ2) is 20.6. The molecule has 206 valence electrons. The average molecular weight is 528 g/mol. The predicted molar refractivity (Wildman–Crippen MR) is 142 cm³/mol. The topological polar surface area (TPSA) is 99.8 Å². The third-order valence-corrected chi connectivity index (χ3v) is 6.91. The van der Waals surface area contributed by atoms with Gasteiger partial charge in [0.1, 0.15) is 23.7 Å². The van der Waals surface area contributed by atoms with E-state index >= 15 is 0 Å². The van der Waals surface area contributed by atoms with Crippen LogP contribution in [0.4, 0.5) is 4.39 Å². The van der Waals surface area contributed by atoms with Crippen LogP contribution in [-0.2, 0) is 9.09 Å². The molecule has 0 unspecified atom stereocenters. The van der Waals surface area contributed by atoms with E-state index < -0.39 is 19.7 Å². The molecular formula is C28H47FNO5P. The Kier molecular flexibility index (Phi) is 18.6. The highest BCUT2D eigenvalue weighted by atomic mass is 31.2. The Morgan fingerprint density at radius 2 is 1.33 bits per heavy atom. The first-order valence-electron chi connectivity index (χ1n) is 13.9. The molecule has 0 fully saturated rings. The van der Waals surface area contributed by atoms with Crippen molar-refractivity contribution in [2.45, 2.75) is 129 Å². The van der Waals surface area contributed by atoms with Gasteiger partial charge in [0.2, 0.25) is 0 Å². The molecule has 1 rings (SSSR count). The van der Waals surface area contributed by atoms with E-state index in [0.29, 0.717) is 6.42 Å². The van der Waals surface area contributed by atoms with Gasteiger partial charge in [-0.15, -0.1) is 0 Å². The van der Waals surface area contributed by atoms with Crippen molar-refractivity contribution in [1.82, 2.24) is 0 Å². The number of hydrogen-bond donors (Lipinski definition) is 2. The van der Waals surface area contributed by atoms with E-state index in [1.165, 1.54) is 102 Å². The largest absolute Gasteiger partial charge is 0.488 e. The molecular weight excluding hydrogens is 480 g/mol. The number of nitriles is 1. The maximum atomic E-state index is 13.8. The number of benzene rings is 1. The molecule has 1 aromatic rings. The van der Waals surface area contributed by atoms with Gasteiger partial charge in [0.05, 0.1) is 12.2 Å². The molecule has 6 nitrogen and oxygen atoms in total. The minimum atomic E-state index is -4.62. The van der Waals surface area contributed by atoms with Gasteiger partial charge in [-0.3, -0.25) is 4.52 Å². The second-order valence-electron chi connectivity index (χ2n) is 9.73. The first kappa shape index (κ1) is 32.6. The number of unbranched alkanes of at least 4 members (excludes halogenated alkanes) is 16. The first-order chi connectivity index (χ1) is 17.4. The van der Waals surface area contributed by atoms with E-state index in [0.717, 1.165) is 25.3 Å². The zero-order chi connectivity index (χ0) is 26.5. The normalized spacial score (nSPS) is 12.4. The third kappa shape index (κ3) is 17.9. The standard InChI is InChI=1S/C28H47FNO5P/c1-2-3-4-5-6-7-8-9-10-11-12-13-14-15-16-17-18-19-27(24-34-36(31,32)33)35-26-21-20-25(23-30)28(29)22-26/h20-22,27H,2-19,24H2,1H3,(H2,31,32,33)/t27-/m1/s1. The SMILES string of the molecule is CCCCCCCCCCCCCCCCCCC[C@H](COP(=O)(O)O)Oc1ccc(C#N)c(F)c1. The van der Waals surface area contributed by atoms with E-state index in [1.807, 2.05) is 0 Å². The molecule has 0 amide bonds. The van der Waals surface area contributed by atoms with Crippen molar-refractivity contribution in [2.75, 3.05) is 6.61 Å². The highest BCUT2D eigenvalue weighted by molar-refractivity contribution is 7.46. The molecule has 0 aliphatic heterocycles. The summed E-state index contributed by atoms with van der Waals surface area (Å²) in [7, 11) is -4.62. The Balaban J connectivity index is 2.12. The van der Waals surface area contributed by atoms with Gasteiger partial charge in [0.25, 0.3) is 0 Å². The van der Waals surface area contributed by atoms with E-state index in [-0.39, 0.29) is 17.9 Å². The molecule has 36 heavy (non-hydrogen) atoms. The molecule has 2 N–H and O–H groups in total. The van der Waals surface area contributed by atoms with Crippen molar-refractivity contribution in [2.24, 2.45) is 0 Å². The van der Waals surface area contributed by atoms with Gasteiger partial charge in [0, 0.05) is 6.07 Å². The molecule has 0 radical (unpaired) electrons. The zero-order valence-corrected chi connectivity index (χ0v) is 23.0. The fourth-order valence-corrected chi connectivity index (χ4v) is 4.67. The van der Waals surface area contributed by atoms with Crippen molar-refractivity contribution in [3.63, 3.8) is 0 Å². The molecule has 1 aromatic carbocycles. The summed E-state index contributed by atoms with van der Waals surface area (Å²) in [4.78, 5) is 18.0. The molecule has 0 aliphatic carbocycles. The Labute approximate surface area is 217 Å². The van der Waals surface area contributed by atoms with Crippen molar-refractivity contribution in [3.05, 3.63) is 29.6 Å². The lowest BCUT2D eigenvalue weighted by atomic mass is 10.0. The van der Waals surface area contributed by atoms with Crippen LogP contribution in [0.25, 0.3) is 0 Å². The van der Waals surface area contributed by atoms with Crippen LogP contribution in [0.15, 0.2) is 18.2 Å². The summed E-state index contributed by atoms with van der Waals surface area (Å²) in [6.07, 6.45) is 21.6. The highest BCUT2D eigenvalue weighted by Gasteiger charge is 2.20. The smallest absolute Gasteiger partial charge is 0.469 e. The van der Waals surface area contributed by atoms with Crippen LogP contribution < -0.4 is 4.74 Å². The van der Waals surface area contributed by atoms with Crippen molar-refractivity contribution >= 4 is 7.82 Å². The van der Waals surface area contributed by atoms with E-state index in [2.05, 4.69) is 11.4 Å². The Bertz CT molecular complexity index is 780. The lowest BCUT2D eigenvalue weighted by Gasteiger charge is -2.19. The monoisotopic (exact) mass is 527 g/mol. The Morgan fingerprint density at radius 3 is 1.75 bits per heavy atom. The Morgan fingerprint density at radius 1 is 0.861 bits per heavy atom. The van der Waals surface area contributed by atoms with Crippen LogP contribution in [0.5, 0.6) is 5.75 Å². The van der Waals surface area contributed by atoms with Gasteiger partial charge in [-0.05, 0) is 25.0 Å². The van der Waals surface area contributed by atoms with E-state index in [1.54, 1.807) is 6.07 Å². The average Bonchev–Trinajstić information content (AvgIpc) is 2.84. The van der Waals surface area contributed by atoms with Crippen LogP contribution in [0.1, 0.15) is 128 Å². The van der Waals surface area contributed by atoms with Crippen molar-refractivity contribution in [3.8, 4) is 11.8 Å². The summed E-state index contributed by atoms with van der Waals surface area (Å²) in [5.41, 5.74) is -0.0847. The predicted octanol–water partition coefficient (Wildman–Crippen LogP) is 8.60. The number of rotatable bonds is 23. The van der Waals surface area contributed by atoms with Crippen LogP contribution in [0.2, 0.25) is 0 Å². The summed E-state index contributed by atoms with van der Waals surface area (Å²) < 4.78 is 35.2. The van der Waals surface area contributed by atoms with Gasteiger partial charge < -0.3 is 14.5 Å². The van der Waals surface area contributed by atoms with Gasteiger partial charge in [-0.2, -0.15) is 5.26 Å². The molecule has 0 saturated heterocycles. The fourth-order valence-electron chi connectivity index (χ4n) is 4.31. The zero-order valence-electron chi connectivity index (χ0n) is 22.1.